The maximum Gasteiger partial charge on any atom is 0.362 e. The molecule has 0 aliphatic rings. The third kappa shape index (κ3) is 12.5. The molecule has 1 aromatic rings. The minimum atomic E-state index is -0.682. The molecule has 0 heterocycles. The number of rotatable bonds is 18. The summed E-state index contributed by atoms with van der Waals surface area (Å²) in [5, 5.41) is 11.7. The van der Waals surface area contributed by atoms with Gasteiger partial charge in [-0.25, -0.2) is 0 Å². The Kier molecular flexibility index (Phi) is 16.9. The summed E-state index contributed by atoms with van der Waals surface area (Å²) in [4.78, 5) is 11.6. The van der Waals surface area contributed by atoms with Crippen molar-refractivity contribution < 1.29 is 21.8 Å². The zero-order valence-electron chi connectivity index (χ0n) is 19.7. The van der Waals surface area contributed by atoms with Gasteiger partial charge in [-0.1, -0.05) is 102 Å². The highest BCUT2D eigenvalue weighted by molar-refractivity contribution is 5.15. The maximum absolute atomic E-state index is 11.7. The normalized spacial score (nSPS) is 12.4. The maximum atomic E-state index is 11.7. The van der Waals surface area contributed by atoms with Gasteiger partial charge in [0.15, 0.2) is 0 Å². The smallest absolute Gasteiger partial charge is 0.362 e. The van der Waals surface area contributed by atoms with Crippen molar-refractivity contribution >= 4 is 0 Å². The molecule has 0 spiro atoms. The summed E-state index contributed by atoms with van der Waals surface area (Å²) in [5.41, 5.74) is 0.799. The van der Waals surface area contributed by atoms with Crippen LogP contribution in [0.1, 0.15) is 109 Å². The molecular weight excluding hydrogens is 396 g/mol. The van der Waals surface area contributed by atoms with Crippen LogP contribution in [0.15, 0.2) is 30.3 Å². The number of nitro groups is 1. The van der Waals surface area contributed by atoms with Crippen LogP contribution < -0.4 is 12.4 Å². The standard InChI is InChI=1S/C25H45N2O2.ClH/c1-4-5-6-7-8-9-10-11-12-13-14-15-16-20-23-27(2,3)25(26(28)29)24-21-18-17-19-22-24;/h17-19,21-22,25H,4-16,20,23H2,1-3H3;1H/q+1;/p-1. The summed E-state index contributed by atoms with van der Waals surface area (Å²) >= 11 is 0. The molecule has 0 radical (unpaired) electrons. The van der Waals surface area contributed by atoms with E-state index < -0.39 is 6.17 Å². The van der Waals surface area contributed by atoms with Crippen molar-refractivity contribution in [3.8, 4) is 0 Å². The molecule has 0 fully saturated rings. The van der Waals surface area contributed by atoms with Crippen molar-refractivity contribution in [2.24, 2.45) is 0 Å². The predicted molar refractivity (Wildman–Crippen MR) is 123 cm³/mol. The third-order valence-electron chi connectivity index (χ3n) is 6.05. The minimum absolute atomic E-state index is 0. The van der Waals surface area contributed by atoms with Gasteiger partial charge in [0.05, 0.1) is 31.1 Å². The van der Waals surface area contributed by atoms with Crippen LogP contribution in [0.5, 0.6) is 0 Å². The lowest BCUT2D eigenvalue weighted by molar-refractivity contribution is -1.00. The Morgan fingerprint density at radius 3 is 1.57 bits per heavy atom. The predicted octanol–water partition coefficient (Wildman–Crippen LogP) is 4.52. The first-order chi connectivity index (χ1) is 14.0. The van der Waals surface area contributed by atoms with Crippen molar-refractivity contribution in [1.82, 2.24) is 0 Å². The number of benzene rings is 1. The van der Waals surface area contributed by atoms with E-state index in [0.717, 1.165) is 18.5 Å². The zero-order chi connectivity index (χ0) is 21.4. The first-order valence-corrected chi connectivity index (χ1v) is 12.0. The number of quaternary nitrogens is 1. The van der Waals surface area contributed by atoms with E-state index in [1.807, 2.05) is 44.4 Å². The molecule has 0 aliphatic heterocycles. The Labute approximate surface area is 191 Å². The van der Waals surface area contributed by atoms with Crippen LogP contribution in [-0.2, 0) is 0 Å². The summed E-state index contributed by atoms with van der Waals surface area (Å²) in [7, 11) is 3.98. The molecular formula is C25H45ClN2O2. The molecule has 1 aromatic carbocycles. The molecule has 0 amide bonds. The van der Waals surface area contributed by atoms with Crippen molar-refractivity contribution in [2.75, 3.05) is 20.6 Å². The fraction of sp³-hybridized carbons (Fsp3) is 0.760. The summed E-state index contributed by atoms with van der Waals surface area (Å²) in [5.74, 6) is 0. The summed E-state index contributed by atoms with van der Waals surface area (Å²) in [6.07, 6.45) is 18.0. The molecule has 0 aromatic heterocycles. The van der Waals surface area contributed by atoms with Crippen molar-refractivity contribution in [3.05, 3.63) is 46.0 Å². The van der Waals surface area contributed by atoms with Crippen LogP contribution >= 0.6 is 0 Å². The minimum Gasteiger partial charge on any atom is -1.00 e. The average Bonchev–Trinajstić information content (AvgIpc) is 2.68. The average molecular weight is 441 g/mol. The van der Waals surface area contributed by atoms with Gasteiger partial charge in [0.2, 0.25) is 0 Å². The highest BCUT2D eigenvalue weighted by Crippen LogP contribution is 2.26. The third-order valence-corrected chi connectivity index (χ3v) is 6.05. The molecule has 0 saturated carbocycles. The van der Waals surface area contributed by atoms with E-state index in [0.29, 0.717) is 4.48 Å². The second kappa shape index (κ2) is 17.5. The van der Waals surface area contributed by atoms with E-state index in [1.54, 1.807) is 0 Å². The van der Waals surface area contributed by atoms with Gasteiger partial charge in [0, 0.05) is 0 Å². The van der Waals surface area contributed by atoms with Crippen LogP contribution in [-0.4, -0.2) is 30.0 Å². The summed E-state index contributed by atoms with van der Waals surface area (Å²) < 4.78 is 0.412. The topological polar surface area (TPSA) is 43.1 Å². The molecule has 0 aliphatic carbocycles. The van der Waals surface area contributed by atoms with Crippen molar-refractivity contribution in [2.45, 2.75) is 103 Å². The second-order valence-corrected chi connectivity index (χ2v) is 9.17. The lowest BCUT2D eigenvalue weighted by Gasteiger charge is -2.32. The van der Waals surface area contributed by atoms with Gasteiger partial charge in [-0.05, 0) is 25.0 Å². The van der Waals surface area contributed by atoms with E-state index in [1.165, 1.54) is 83.5 Å². The van der Waals surface area contributed by atoms with E-state index in [9.17, 15) is 10.1 Å². The quantitative estimate of drug-likeness (QED) is 0.111. The number of hydrogen-bond donors (Lipinski definition) is 0. The van der Waals surface area contributed by atoms with Crippen LogP contribution in [0.3, 0.4) is 0 Å². The Balaban J connectivity index is 0.00000841. The van der Waals surface area contributed by atoms with Crippen LogP contribution in [0, 0.1) is 10.1 Å². The Hall–Kier alpha value is -1.13. The highest BCUT2D eigenvalue weighted by Gasteiger charge is 2.39. The number of hydrogen-bond acceptors (Lipinski definition) is 2. The molecule has 1 unspecified atom stereocenters. The lowest BCUT2D eigenvalue weighted by Crippen LogP contribution is -3.00. The van der Waals surface area contributed by atoms with E-state index in [-0.39, 0.29) is 17.3 Å². The number of halogens is 1. The van der Waals surface area contributed by atoms with E-state index in [2.05, 4.69) is 6.92 Å². The van der Waals surface area contributed by atoms with Gasteiger partial charge in [0.25, 0.3) is 0 Å². The fourth-order valence-corrected chi connectivity index (χ4v) is 4.24. The monoisotopic (exact) mass is 440 g/mol. The molecule has 30 heavy (non-hydrogen) atoms. The molecule has 0 N–H and O–H groups in total. The van der Waals surface area contributed by atoms with Gasteiger partial charge in [-0.3, -0.25) is 14.6 Å². The van der Waals surface area contributed by atoms with Crippen LogP contribution in [0.25, 0.3) is 0 Å². The molecule has 0 saturated heterocycles. The Morgan fingerprint density at radius 2 is 1.17 bits per heavy atom. The highest BCUT2D eigenvalue weighted by atomic mass is 35.5. The zero-order valence-corrected chi connectivity index (χ0v) is 20.4. The molecule has 5 heteroatoms. The van der Waals surface area contributed by atoms with Crippen molar-refractivity contribution in [1.29, 1.82) is 0 Å². The van der Waals surface area contributed by atoms with Gasteiger partial charge in [-0.15, -0.1) is 0 Å². The summed E-state index contributed by atoms with van der Waals surface area (Å²) in [6.45, 7) is 3.12. The first kappa shape index (κ1) is 28.9. The number of nitrogens with zero attached hydrogens (tertiary/aromatic N) is 2. The molecule has 1 atom stereocenters. The Morgan fingerprint density at radius 1 is 0.767 bits per heavy atom. The van der Waals surface area contributed by atoms with Gasteiger partial charge in [0.1, 0.15) is 0 Å². The molecule has 1 rings (SSSR count). The van der Waals surface area contributed by atoms with Crippen molar-refractivity contribution in [3.63, 3.8) is 0 Å². The molecule has 4 nitrogen and oxygen atoms in total. The molecule has 0 bridgehead atoms. The van der Waals surface area contributed by atoms with E-state index >= 15 is 0 Å². The number of unbranched alkanes of at least 4 members (excludes halogenated alkanes) is 13. The SMILES string of the molecule is CCCCCCCCCCCCCCCC[N+](C)(C)C(c1ccccc1)[N+](=O)[O-].[Cl-]. The van der Waals surface area contributed by atoms with Gasteiger partial charge < -0.3 is 12.4 Å². The Bertz CT molecular complexity index is 537. The largest absolute Gasteiger partial charge is 1.00 e. The van der Waals surface area contributed by atoms with E-state index in [4.69, 9.17) is 0 Å². The summed E-state index contributed by atoms with van der Waals surface area (Å²) in [6, 6.07) is 9.43. The first-order valence-electron chi connectivity index (χ1n) is 12.0. The van der Waals surface area contributed by atoms with Gasteiger partial charge in [-0.2, -0.15) is 0 Å². The lowest BCUT2D eigenvalue weighted by atomic mass is 10.0. The second-order valence-electron chi connectivity index (χ2n) is 9.17. The van der Waals surface area contributed by atoms with Crippen LogP contribution in [0.2, 0.25) is 0 Å². The van der Waals surface area contributed by atoms with Gasteiger partial charge >= 0.3 is 6.17 Å². The fourth-order valence-electron chi connectivity index (χ4n) is 4.24. The van der Waals surface area contributed by atoms with Crippen LogP contribution in [0.4, 0.5) is 0 Å². The molecule has 174 valence electrons.